The van der Waals surface area contributed by atoms with Gasteiger partial charge in [0, 0.05) is 10.6 Å². The van der Waals surface area contributed by atoms with Crippen LogP contribution >= 0.6 is 11.6 Å². The van der Waals surface area contributed by atoms with Crippen LogP contribution in [0.5, 0.6) is 5.75 Å². The van der Waals surface area contributed by atoms with E-state index in [9.17, 15) is 0 Å². The highest BCUT2D eigenvalue weighted by Gasteiger charge is 2.15. The second-order valence-electron chi connectivity index (χ2n) is 4.42. The molecular weight excluding hydrogens is 262 g/mol. The molecule has 19 heavy (non-hydrogen) atoms. The maximum absolute atomic E-state index is 6.18. The Labute approximate surface area is 117 Å². The molecule has 5 heteroatoms. The van der Waals surface area contributed by atoms with Gasteiger partial charge in [-0.1, -0.05) is 11.6 Å². The summed E-state index contributed by atoms with van der Waals surface area (Å²) in [5.74, 6) is 1.37. The number of ether oxygens (including phenoxy) is 1. The molecule has 2 aromatic rings. The van der Waals surface area contributed by atoms with Gasteiger partial charge in [-0.25, -0.2) is 9.97 Å². The van der Waals surface area contributed by atoms with Crippen molar-refractivity contribution in [1.29, 1.82) is 0 Å². The SMILES string of the molecule is COc1cc(C)c(Cl)cc1-c1nc(C)nc(C)c1N. The molecule has 0 bridgehead atoms. The lowest BCUT2D eigenvalue weighted by atomic mass is 10.1. The molecule has 2 rings (SSSR count). The number of hydrogen-bond acceptors (Lipinski definition) is 4. The molecule has 1 aromatic carbocycles. The van der Waals surface area contributed by atoms with Crippen LogP contribution in [0.2, 0.25) is 5.02 Å². The first-order valence-electron chi connectivity index (χ1n) is 5.89. The van der Waals surface area contributed by atoms with Crippen LogP contribution in [0.4, 0.5) is 5.69 Å². The quantitative estimate of drug-likeness (QED) is 0.915. The maximum atomic E-state index is 6.18. The topological polar surface area (TPSA) is 61.0 Å². The third kappa shape index (κ3) is 2.49. The summed E-state index contributed by atoms with van der Waals surface area (Å²) in [7, 11) is 1.61. The summed E-state index contributed by atoms with van der Waals surface area (Å²) >= 11 is 6.18. The van der Waals surface area contributed by atoms with Crippen LogP contribution in [-0.4, -0.2) is 17.1 Å². The highest BCUT2D eigenvalue weighted by molar-refractivity contribution is 6.31. The zero-order valence-electron chi connectivity index (χ0n) is 11.4. The third-order valence-corrected chi connectivity index (χ3v) is 3.39. The fourth-order valence-corrected chi connectivity index (χ4v) is 2.10. The van der Waals surface area contributed by atoms with Gasteiger partial charge in [0.05, 0.1) is 18.5 Å². The fourth-order valence-electron chi connectivity index (χ4n) is 1.94. The van der Waals surface area contributed by atoms with Gasteiger partial charge < -0.3 is 10.5 Å². The van der Waals surface area contributed by atoms with Crippen molar-refractivity contribution < 1.29 is 4.74 Å². The maximum Gasteiger partial charge on any atom is 0.128 e. The number of methoxy groups -OCH3 is 1. The summed E-state index contributed by atoms with van der Waals surface area (Å²) in [4.78, 5) is 8.65. The zero-order valence-corrected chi connectivity index (χ0v) is 12.2. The number of nitrogens with two attached hydrogens (primary N) is 1. The molecule has 0 amide bonds. The van der Waals surface area contributed by atoms with Crippen molar-refractivity contribution in [1.82, 2.24) is 9.97 Å². The Morgan fingerprint density at radius 1 is 1.16 bits per heavy atom. The number of nitrogen functional groups attached to an aromatic ring is 1. The summed E-state index contributed by atoms with van der Waals surface area (Å²) in [5, 5.41) is 0.657. The Hall–Kier alpha value is -1.81. The first kappa shape index (κ1) is 13.6. The van der Waals surface area contributed by atoms with Crippen LogP contribution < -0.4 is 10.5 Å². The Kier molecular flexibility index (Phi) is 3.62. The van der Waals surface area contributed by atoms with Gasteiger partial charge in [0.25, 0.3) is 0 Å². The predicted molar refractivity (Wildman–Crippen MR) is 77.7 cm³/mol. The van der Waals surface area contributed by atoms with E-state index in [4.69, 9.17) is 22.1 Å². The van der Waals surface area contributed by atoms with Crippen molar-refractivity contribution in [2.45, 2.75) is 20.8 Å². The van der Waals surface area contributed by atoms with E-state index in [0.717, 1.165) is 16.8 Å². The molecule has 100 valence electrons. The van der Waals surface area contributed by atoms with Crippen LogP contribution in [0.3, 0.4) is 0 Å². The molecule has 0 saturated carbocycles. The van der Waals surface area contributed by atoms with Gasteiger partial charge in [0.2, 0.25) is 0 Å². The molecule has 0 spiro atoms. The summed E-state index contributed by atoms with van der Waals surface area (Å²) in [5.41, 5.74) is 9.75. The number of halogens is 1. The summed E-state index contributed by atoms with van der Waals surface area (Å²) in [6.07, 6.45) is 0. The highest BCUT2D eigenvalue weighted by Crippen LogP contribution is 2.36. The molecular formula is C14H16ClN3O. The molecule has 0 radical (unpaired) electrons. The van der Waals surface area contributed by atoms with E-state index in [1.165, 1.54) is 0 Å². The molecule has 0 atom stereocenters. The van der Waals surface area contributed by atoms with Crippen molar-refractivity contribution in [3.05, 3.63) is 34.2 Å². The number of rotatable bonds is 2. The minimum absolute atomic E-state index is 0.545. The largest absolute Gasteiger partial charge is 0.496 e. The molecule has 0 unspecified atom stereocenters. The van der Waals surface area contributed by atoms with Gasteiger partial charge in [-0.2, -0.15) is 0 Å². The van der Waals surface area contributed by atoms with E-state index in [-0.39, 0.29) is 0 Å². The average molecular weight is 278 g/mol. The summed E-state index contributed by atoms with van der Waals surface area (Å²) in [6, 6.07) is 3.71. The van der Waals surface area contributed by atoms with Crippen molar-refractivity contribution in [2.75, 3.05) is 12.8 Å². The summed E-state index contributed by atoms with van der Waals surface area (Å²) in [6.45, 7) is 5.61. The van der Waals surface area contributed by atoms with Crippen LogP contribution in [0.15, 0.2) is 12.1 Å². The van der Waals surface area contributed by atoms with Gasteiger partial charge in [-0.15, -0.1) is 0 Å². The lowest BCUT2D eigenvalue weighted by Crippen LogP contribution is -2.03. The molecule has 0 aliphatic carbocycles. The van der Waals surface area contributed by atoms with Crippen molar-refractivity contribution in [3.8, 4) is 17.0 Å². The van der Waals surface area contributed by atoms with Crippen molar-refractivity contribution in [3.63, 3.8) is 0 Å². The highest BCUT2D eigenvalue weighted by atomic mass is 35.5. The normalized spacial score (nSPS) is 10.6. The van der Waals surface area contributed by atoms with E-state index in [1.807, 2.05) is 32.9 Å². The van der Waals surface area contributed by atoms with Crippen LogP contribution in [0.25, 0.3) is 11.3 Å². The molecule has 4 nitrogen and oxygen atoms in total. The monoisotopic (exact) mass is 277 g/mol. The molecule has 1 aromatic heterocycles. The number of aryl methyl sites for hydroxylation is 3. The lowest BCUT2D eigenvalue weighted by molar-refractivity contribution is 0.416. The molecule has 1 heterocycles. The number of aromatic nitrogens is 2. The number of anilines is 1. The van der Waals surface area contributed by atoms with E-state index < -0.39 is 0 Å². The van der Waals surface area contributed by atoms with Gasteiger partial charge in [-0.05, 0) is 38.5 Å². The minimum Gasteiger partial charge on any atom is -0.496 e. The standard InChI is InChI=1S/C14H16ClN3O/c1-7-5-12(19-4)10(6-11(7)15)14-13(16)8(2)17-9(3)18-14/h5-6H,16H2,1-4H3. The lowest BCUT2D eigenvalue weighted by Gasteiger charge is -2.13. The fraction of sp³-hybridized carbons (Fsp3) is 0.286. The number of hydrogen-bond donors (Lipinski definition) is 1. The third-order valence-electron chi connectivity index (χ3n) is 2.98. The van der Waals surface area contributed by atoms with Gasteiger partial charge in [0.1, 0.15) is 17.3 Å². The Morgan fingerprint density at radius 2 is 1.84 bits per heavy atom. The molecule has 0 fully saturated rings. The van der Waals surface area contributed by atoms with Crippen LogP contribution in [-0.2, 0) is 0 Å². The summed E-state index contributed by atoms with van der Waals surface area (Å²) < 4.78 is 5.40. The van der Waals surface area contributed by atoms with Crippen LogP contribution in [0, 0.1) is 20.8 Å². The zero-order chi connectivity index (χ0) is 14.2. The first-order chi connectivity index (χ1) is 8.93. The second-order valence-corrected chi connectivity index (χ2v) is 4.83. The smallest absolute Gasteiger partial charge is 0.128 e. The Balaban J connectivity index is 2.75. The van der Waals surface area contributed by atoms with E-state index >= 15 is 0 Å². The van der Waals surface area contributed by atoms with Gasteiger partial charge in [-0.3, -0.25) is 0 Å². The Bertz CT molecular complexity index is 641. The number of nitrogens with zero attached hydrogens (tertiary/aromatic N) is 2. The molecule has 0 aliphatic heterocycles. The molecule has 2 N–H and O–H groups in total. The van der Waals surface area contributed by atoms with E-state index in [1.54, 1.807) is 7.11 Å². The van der Waals surface area contributed by atoms with Gasteiger partial charge in [0.15, 0.2) is 0 Å². The van der Waals surface area contributed by atoms with E-state index in [2.05, 4.69) is 9.97 Å². The van der Waals surface area contributed by atoms with Crippen molar-refractivity contribution >= 4 is 17.3 Å². The average Bonchev–Trinajstić information content (AvgIpc) is 2.36. The minimum atomic E-state index is 0.545. The second kappa shape index (κ2) is 5.05. The van der Waals surface area contributed by atoms with Crippen LogP contribution in [0.1, 0.15) is 17.1 Å². The number of benzene rings is 1. The van der Waals surface area contributed by atoms with Crippen molar-refractivity contribution in [2.24, 2.45) is 0 Å². The first-order valence-corrected chi connectivity index (χ1v) is 6.27. The molecule has 0 aliphatic rings. The predicted octanol–water partition coefficient (Wildman–Crippen LogP) is 3.31. The molecule has 0 saturated heterocycles. The van der Waals surface area contributed by atoms with E-state index in [0.29, 0.717) is 28.0 Å². The van der Waals surface area contributed by atoms with Gasteiger partial charge >= 0.3 is 0 Å². The Morgan fingerprint density at radius 3 is 2.47 bits per heavy atom.